The number of esters is 1. The zero-order valence-electron chi connectivity index (χ0n) is 27.4. The summed E-state index contributed by atoms with van der Waals surface area (Å²) in [6.45, 7) is 8.16. The highest BCUT2D eigenvalue weighted by Gasteiger charge is 2.30. The fourth-order valence-corrected chi connectivity index (χ4v) is 5.06. The number of benzene rings is 2. The van der Waals surface area contributed by atoms with Crippen LogP contribution in [0.15, 0.2) is 60.7 Å². The average molecular weight is 645 g/mol. The number of rotatable bonds is 14. The number of amides is 3. The van der Waals surface area contributed by atoms with Crippen molar-refractivity contribution in [2.45, 2.75) is 52.5 Å². The van der Waals surface area contributed by atoms with Crippen molar-refractivity contribution < 1.29 is 28.7 Å². The molecule has 1 unspecified atom stereocenters. The third kappa shape index (κ3) is 9.99. The number of piperazine rings is 1. The molecule has 1 aliphatic rings. The van der Waals surface area contributed by atoms with Gasteiger partial charge >= 0.3 is 12.1 Å². The number of nitrogens with one attached hydrogen (secondary N) is 2. The van der Waals surface area contributed by atoms with E-state index in [1.165, 1.54) is 0 Å². The van der Waals surface area contributed by atoms with Crippen LogP contribution in [-0.4, -0.2) is 95.6 Å². The predicted molar refractivity (Wildman–Crippen MR) is 178 cm³/mol. The molecule has 0 radical (unpaired) electrons. The highest BCUT2D eigenvalue weighted by molar-refractivity contribution is 5.97. The van der Waals surface area contributed by atoms with Gasteiger partial charge in [-0.1, -0.05) is 62.7 Å². The standard InChI is InChI=1S/C35H44N6O6/c1-4-7-22-47-34(44)27-15-11-14-26(23-27)31-37-29(24-30(39-31)36-17-16-25-12-9-8-10-13-25)32(42)38-28(5-2)33(43)40-18-20-41(21-19-40)35(45)46-6-3/h8-15,23-24,28H,4-7,16-22H2,1-3H3,(H,38,42)(H,36,37,39). The van der Waals surface area contributed by atoms with Crippen LogP contribution >= 0.6 is 0 Å². The van der Waals surface area contributed by atoms with Gasteiger partial charge in [0.25, 0.3) is 5.91 Å². The number of carbonyl (C=O) groups excluding carboxylic acids is 4. The van der Waals surface area contributed by atoms with E-state index in [2.05, 4.69) is 20.6 Å². The van der Waals surface area contributed by atoms with E-state index in [1.54, 1.807) is 47.1 Å². The minimum atomic E-state index is -0.786. The first-order valence-electron chi connectivity index (χ1n) is 16.3. The van der Waals surface area contributed by atoms with E-state index in [-0.39, 0.29) is 24.0 Å². The Balaban J connectivity index is 1.52. The first kappa shape index (κ1) is 34.9. The van der Waals surface area contributed by atoms with E-state index >= 15 is 0 Å². The monoisotopic (exact) mass is 644 g/mol. The maximum atomic E-state index is 13.6. The smallest absolute Gasteiger partial charge is 0.409 e. The van der Waals surface area contributed by atoms with E-state index in [9.17, 15) is 19.2 Å². The largest absolute Gasteiger partial charge is 0.462 e. The first-order valence-corrected chi connectivity index (χ1v) is 16.3. The van der Waals surface area contributed by atoms with E-state index < -0.39 is 24.0 Å². The van der Waals surface area contributed by atoms with Gasteiger partial charge in [0.1, 0.15) is 17.6 Å². The minimum absolute atomic E-state index is 0.0755. The third-order valence-corrected chi connectivity index (χ3v) is 7.74. The third-order valence-electron chi connectivity index (χ3n) is 7.74. The van der Waals surface area contributed by atoms with Crippen LogP contribution in [0, 0.1) is 0 Å². The van der Waals surface area contributed by atoms with Crippen molar-refractivity contribution in [3.05, 3.63) is 77.5 Å². The Hall–Kier alpha value is -5.00. The van der Waals surface area contributed by atoms with Gasteiger partial charge in [-0.3, -0.25) is 9.59 Å². The van der Waals surface area contributed by atoms with Crippen LogP contribution in [0.5, 0.6) is 0 Å². The number of nitrogens with zero attached hydrogens (tertiary/aromatic N) is 4. The summed E-state index contributed by atoms with van der Waals surface area (Å²) in [4.78, 5) is 64.2. The maximum Gasteiger partial charge on any atom is 0.409 e. The molecule has 2 N–H and O–H groups in total. The Bertz CT molecular complexity index is 1510. The van der Waals surface area contributed by atoms with Gasteiger partial charge in [-0.05, 0) is 43.9 Å². The van der Waals surface area contributed by atoms with Gasteiger partial charge in [-0.2, -0.15) is 0 Å². The Labute approximate surface area is 275 Å². The van der Waals surface area contributed by atoms with E-state index in [0.717, 1.165) is 24.8 Å². The normalized spacial score (nSPS) is 13.4. The van der Waals surface area contributed by atoms with E-state index in [4.69, 9.17) is 9.47 Å². The second kappa shape index (κ2) is 17.6. The van der Waals surface area contributed by atoms with Gasteiger partial charge in [0.05, 0.1) is 18.8 Å². The van der Waals surface area contributed by atoms with E-state index in [0.29, 0.717) is 62.7 Å². The summed E-state index contributed by atoms with van der Waals surface area (Å²) >= 11 is 0. The Kier molecular flexibility index (Phi) is 13.1. The lowest BCUT2D eigenvalue weighted by Crippen LogP contribution is -2.55. The number of hydrogen-bond donors (Lipinski definition) is 2. The molecule has 3 amide bonds. The van der Waals surface area contributed by atoms with Crippen molar-refractivity contribution >= 4 is 29.7 Å². The van der Waals surface area contributed by atoms with Crippen LogP contribution in [0.1, 0.15) is 66.4 Å². The predicted octanol–water partition coefficient (Wildman–Crippen LogP) is 4.56. The highest BCUT2D eigenvalue weighted by atomic mass is 16.6. The van der Waals surface area contributed by atoms with Crippen LogP contribution in [0.4, 0.5) is 10.6 Å². The minimum Gasteiger partial charge on any atom is -0.462 e. The molecule has 2 heterocycles. The molecule has 12 heteroatoms. The zero-order valence-corrected chi connectivity index (χ0v) is 27.4. The molecular formula is C35H44N6O6. The summed E-state index contributed by atoms with van der Waals surface area (Å²) in [5.74, 6) is -0.517. The molecule has 1 saturated heterocycles. The molecule has 47 heavy (non-hydrogen) atoms. The first-order chi connectivity index (χ1) is 22.8. The molecule has 0 saturated carbocycles. The summed E-state index contributed by atoms with van der Waals surface area (Å²) in [5.41, 5.74) is 2.12. The van der Waals surface area contributed by atoms with Gasteiger partial charge in [0.15, 0.2) is 5.82 Å². The molecule has 12 nitrogen and oxygen atoms in total. The zero-order chi connectivity index (χ0) is 33.6. The van der Waals surface area contributed by atoms with Gasteiger partial charge < -0.3 is 29.9 Å². The van der Waals surface area contributed by atoms with Gasteiger partial charge in [-0.15, -0.1) is 0 Å². The lowest BCUT2D eigenvalue weighted by Gasteiger charge is -2.35. The van der Waals surface area contributed by atoms with Crippen LogP contribution in [0.25, 0.3) is 11.4 Å². The topological polar surface area (TPSA) is 143 Å². The molecule has 1 aliphatic heterocycles. The molecule has 0 aliphatic carbocycles. The molecule has 1 aromatic heterocycles. The van der Waals surface area contributed by atoms with Gasteiger partial charge in [0, 0.05) is 44.4 Å². The van der Waals surface area contributed by atoms with Crippen molar-refractivity contribution in [2.24, 2.45) is 0 Å². The summed E-state index contributed by atoms with van der Waals surface area (Å²) in [7, 11) is 0. The fraction of sp³-hybridized carbons (Fsp3) is 0.429. The molecule has 250 valence electrons. The van der Waals surface area contributed by atoms with Gasteiger partial charge in [0.2, 0.25) is 5.91 Å². The molecule has 0 spiro atoms. The number of aromatic nitrogens is 2. The number of anilines is 1. The quantitative estimate of drug-likeness (QED) is 0.191. The summed E-state index contributed by atoms with van der Waals surface area (Å²) in [5, 5.41) is 6.15. The molecule has 0 bridgehead atoms. The molecule has 4 rings (SSSR count). The lowest BCUT2D eigenvalue weighted by atomic mass is 10.1. The Morgan fingerprint density at radius 2 is 1.62 bits per heavy atom. The number of ether oxygens (including phenoxy) is 2. The second-order valence-electron chi connectivity index (χ2n) is 11.1. The lowest BCUT2D eigenvalue weighted by molar-refractivity contribution is -0.134. The van der Waals surface area contributed by atoms with Crippen molar-refractivity contribution in [1.82, 2.24) is 25.1 Å². The Morgan fingerprint density at radius 1 is 0.872 bits per heavy atom. The highest BCUT2D eigenvalue weighted by Crippen LogP contribution is 2.21. The van der Waals surface area contributed by atoms with Crippen LogP contribution < -0.4 is 10.6 Å². The SMILES string of the molecule is CCCCOC(=O)c1cccc(-c2nc(NCCc3ccccc3)cc(C(=O)NC(CC)C(=O)N3CCN(C(=O)OCC)CC3)n2)c1. The second-order valence-corrected chi connectivity index (χ2v) is 11.1. The number of hydrogen-bond acceptors (Lipinski definition) is 9. The summed E-state index contributed by atoms with van der Waals surface area (Å²) < 4.78 is 10.4. The number of carbonyl (C=O) groups is 4. The van der Waals surface area contributed by atoms with Crippen molar-refractivity contribution in [3.63, 3.8) is 0 Å². The molecule has 1 fully saturated rings. The molecule has 1 atom stereocenters. The molecular weight excluding hydrogens is 600 g/mol. The molecule has 3 aromatic rings. The van der Waals surface area contributed by atoms with Crippen LogP contribution in [-0.2, 0) is 20.7 Å². The summed E-state index contributed by atoms with van der Waals surface area (Å²) in [6.07, 6.45) is 2.38. The number of unbranched alkanes of at least 4 members (excludes halogenated alkanes) is 1. The summed E-state index contributed by atoms with van der Waals surface area (Å²) in [6, 6.07) is 17.6. The van der Waals surface area contributed by atoms with Gasteiger partial charge in [-0.25, -0.2) is 19.6 Å². The van der Waals surface area contributed by atoms with Crippen molar-refractivity contribution in [1.29, 1.82) is 0 Å². The van der Waals surface area contributed by atoms with Crippen molar-refractivity contribution in [2.75, 3.05) is 51.3 Å². The van der Waals surface area contributed by atoms with Crippen molar-refractivity contribution in [3.8, 4) is 11.4 Å². The fourth-order valence-electron chi connectivity index (χ4n) is 5.06. The van der Waals surface area contributed by atoms with Crippen LogP contribution in [0.3, 0.4) is 0 Å². The van der Waals surface area contributed by atoms with E-state index in [1.807, 2.05) is 44.2 Å². The van der Waals surface area contributed by atoms with Crippen LogP contribution in [0.2, 0.25) is 0 Å². The molecule has 2 aromatic carbocycles. The maximum absolute atomic E-state index is 13.6. The Morgan fingerprint density at radius 3 is 2.32 bits per heavy atom. The average Bonchev–Trinajstić information content (AvgIpc) is 3.10.